The van der Waals surface area contributed by atoms with Crippen molar-refractivity contribution in [2.24, 2.45) is 5.92 Å². The summed E-state index contributed by atoms with van der Waals surface area (Å²) >= 11 is 0. The fourth-order valence-electron chi connectivity index (χ4n) is 3.54. The molecule has 156 valence electrons. The van der Waals surface area contributed by atoms with Gasteiger partial charge in [0.05, 0.1) is 23.8 Å². The van der Waals surface area contributed by atoms with Crippen LogP contribution in [0.25, 0.3) is 0 Å². The minimum atomic E-state index is -3.92. The fourth-order valence-corrected chi connectivity index (χ4v) is 4.88. The highest BCUT2D eigenvalue weighted by Crippen LogP contribution is 2.28. The minimum Gasteiger partial charge on any atom is -0.495 e. The average molecular weight is 419 g/mol. The van der Waals surface area contributed by atoms with Gasteiger partial charge in [0.25, 0.3) is 15.9 Å². The number of rotatable bonds is 7. The molecule has 1 saturated carbocycles. The van der Waals surface area contributed by atoms with E-state index in [9.17, 15) is 18.3 Å². The first-order valence-corrected chi connectivity index (χ1v) is 11.0. The van der Waals surface area contributed by atoms with Gasteiger partial charge < -0.3 is 15.2 Å². The zero-order valence-electron chi connectivity index (χ0n) is 16.5. The molecule has 3 N–H and O–H groups in total. The number of aliphatic hydroxyl groups excluding tert-OH is 1. The van der Waals surface area contributed by atoms with Gasteiger partial charge in [0, 0.05) is 18.0 Å². The number of anilines is 1. The van der Waals surface area contributed by atoms with Crippen molar-refractivity contribution in [2.45, 2.75) is 37.2 Å². The monoisotopic (exact) mass is 418 g/mol. The van der Waals surface area contributed by atoms with Crippen molar-refractivity contribution in [3.63, 3.8) is 0 Å². The van der Waals surface area contributed by atoms with E-state index in [0.717, 1.165) is 19.3 Å². The number of aryl methyl sites for hydroxylation is 1. The molecule has 2 atom stereocenters. The minimum absolute atomic E-state index is 0.0250. The van der Waals surface area contributed by atoms with Crippen molar-refractivity contribution in [2.75, 3.05) is 18.4 Å². The molecule has 0 radical (unpaired) electrons. The first kappa shape index (κ1) is 21.1. The number of aliphatic hydroxyl groups is 1. The second kappa shape index (κ2) is 8.84. The molecule has 2 aromatic carbocycles. The molecule has 0 bridgehead atoms. The SMILES string of the molecule is COc1ccccc1NS(=O)(=O)c1cc(C(=O)NC[C@H]2CCC[C@@H]2O)ccc1C. The summed E-state index contributed by atoms with van der Waals surface area (Å²) in [5.41, 5.74) is 1.10. The lowest BCUT2D eigenvalue weighted by Crippen LogP contribution is -2.32. The van der Waals surface area contributed by atoms with Gasteiger partial charge >= 0.3 is 0 Å². The molecule has 2 aromatic rings. The van der Waals surface area contributed by atoms with Crippen LogP contribution in [0.15, 0.2) is 47.4 Å². The van der Waals surface area contributed by atoms with Crippen LogP contribution >= 0.6 is 0 Å². The first-order chi connectivity index (χ1) is 13.8. The molecule has 3 rings (SSSR count). The van der Waals surface area contributed by atoms with Crippen molar-refractivity contribution in [1.29, 1.82) is 0 Å². The predicted octanol–water partition coefficient (Wildman–Crippen LogP) is 2.70. The van der Waals surface area contributed by atoms with Gasteiger partial charge in [-0.25, -0.2) is 8.42 Å². The Morgan fingerprint density at radius 1 is 1.21 bits per heavy atom. The van der Waals surface area contributed by atoms with Crippen LogP contribution in [0.2, 0.25) is 0 Å². The standard InChI is InChI=1S/C21H26N2O5S/c1-14-10-11-15(21(25)22-13-16-6-5-8-18(16)24)12-20(14)29(26,27)23-17-7-3-4-9-19(17)28-2/h3-4,7,9-12,16,18,23-24H,5-6,8,13H2,1-2H3,(H,22,25)/t16-,18+/m1/s1. The normalized spacial score (nSPS) is 19.0. The quantitative estimate of drug-likeness (QED) is 0.641. The van der Waals surface area contributed by atoms with Gasteiger partial charge in [-0.3, -0.25) is 9.52 Å². The summed E-state index contributed by atoms with van der Waals surface area (Å²) in [5.74, 6) is 0.0791. The summed E-state index contributed by atoms with van der Waals surface area (Å²) in [5, 5.41) is 12.7. The summed E-state index contributed by atoms with van der Waals surface area (Å²) < 4.78 is 33.6. The van der Waals surface area contributed by atoms with E-state index in [1.54, 1.807) is 43.3 Å². The Balaban J connectivity index is 1.79. The Labute approximate surface area is 171 Å². The maximum Gasteiger partial charge on any atom is 0.262 e. The highest BCUT2D eigenvalue weighted by Gasteiger charge is 2.26. The van der Waals surface area contributed by atoms with Crippen molar-refractivity contribution in [3.05, 3.63) is 53.6 Å². The lowest BCUT2D eigenvalue weighted by Gasteiger charge is -2.16. The molecule has 0 unspecified atom stereocenters. The van der Waals surface area contributed by atoms with Crippen LogP contribution in [-0.2, 0) is 10.0 Å². The molecule has 0 saturated heterocycles. The first-order valence-electron chi connectivity index (χ1n) is 9.54. The Hall–Kier alpha value is -2.58. The number of para-hydroxylation sites is 2. The van der Waals surface area contributed by atoms with Gasteiger partial charge in [-0.05, 0) is 49.6 Å². The Morgan fingerprint density at radius 2 is 1.97 bits per heavy atom. The topological polar surface area (TPSA) is 105 Å². The summed E-state index contributed by atoms with van der Waals surface area (Å²) in [4.78, 5) is 12.6. The van der Waals surface area contributed by atoms with Crippen LogP contribution in [0, 0.1) is 12.8 Å². The number of benzene rings is 2. The molecular weight excluding hydrogens is 392 g/mol. The van der Waals surface area contributed by atoms with Crippen molar-refractivity contribution >= 4 is 21.6 Å². The third-order valence-corrected chi connectivity index (χ3v) is 6.74. The van der Waals surface area contributed by atoms with Gasteiger partial charge in [-0.2, -0.15) is 0 Å². The third-order valence-electron chi connectivity index (χ3n) is 5.23. The number of carbonyl (C=O) groups excluding carboxylic acids is 1. The Kier molecular flexibility index (Phi) is 6.44. The summed E-state index contributed by atoms with van der Waals surface area (Å²) in [6, 6.07) is 11.3. The maximum absolute atomic E-state index is 12.9. The van der Waals surface area contributed by atoms with E-state index in [2.05, 4.69) is 10.0 Å². The molecular formula is C21H26N2O5S. The smallest absolute Gasteiger partial charge is 0.262 e. The summed E-state index contributed by atoms with van der Waals surface area (Å²) in [6.07, 6.45) is 2.18. The summed E-state index contributed by atoms with van der Waals surface area (Å²) in [7, 11) is -2.46. The van der Waals surface area contributed by atoms with E-state index < -0.39 is 16.1 Å². The van der Waals surface area contributed by atoms with Gasteiger partial charge in [-0.15, -0.1) is 0 Å². The van der Waals surface area contributed by atoms with Crippen molar-refractivity contribution in [3.8, 4) is 5.75 Å². The van der Waals surface area contributed by atoms with E-state index in [1.165, 1.54) is 13.2 Å². The van der Waals surface area contributed by atoms with E-state index in [4.69, 9.17) is 4.74 Å². The van der Waals surface area contributed by atoms with E-state index in [1.807, 2.05) is 0 Å². The fraction of sp³-hybridized carbons (Fsp3) is 0.381. The molecule has 1 aliphatic carbocycles. The lowest BCUT2D eigenvalue weighted by molar-refractivity contribution is 0.0916. The third kappa shape index (κ3) is 4.89. The number of methoxy groups -OCH3 is 1. The molecule has 1 amide bonds. The van der Waals surface area contributed by atoms with Crippen LogP contribution in [-0.4, -0.2) is 39.2 Å². The molecule has 0 heterocycles. The number of amides is 1. The van der Waals surface area contributed by atoms with E-state index in [-0.39, 0.29) is 22.3 Å². The van der Waals surface area contributed by atoms with Gasteiger partial charge in [0.15, 0.2) is 0 Å². The Bertz CT molecular complexity index is 990. The van der Waals surface area contributed by atoms with Gasteiger partial charge in [-0.1, -0.05) is 24.6 Å². The largest absolute Gasteiger partial charge is 0.495 e. The molecule has 1 aliphatic rings. The van der Waals surface area contributed by atoms with Crippen LogP contribution in [0.4, 0.5) is 5.69 Å². The van der Waals surface area contributed by atoms with Crippen molar-refractivity contribution in [1.82, 2.24) is 5.32 Å². The molecule has 0 spiro atoms. The van der Waals surface area contributed by atoms with E-state index >= 15 is 0 Å². The molecule has 0 aliphatic heterocycles. The molecule has 0 aromatic heterocycles. The van der Waals surface area contributed by atoms with Gasteiger partial charge in [0.2, 0.25) is 0 Å². The Morgan fingerprint density at radius 3 is 2.66 bits per heavy atom. The maximum atomic E-state index is 12.9. The van der Waals surface area contributed by atoms with E-state index in [0.29, 0.717) is 23.5 Å². The highest BCUT2D eigenvalue weighted by molar-refractivity contribution is 7.92. The number of nitrogens with one attached hydrogen (secondary N) is 2. The number of ether oxygens (including phenoxy) is 1. The molecule has 7 nitrogen and oxygen atoms in total. The predicted molar refractivity (Wildman–Crippen MR) is 111 cm³/mol. The van der Waals surface area contributed by atoms with Crippen LogP contribution in [0.1, 0.15) is 35.2 Å². The average Bonchev–Trinajstić information content (AvgIpc) is 3.11. The van der Waals surface area contributed by atoms with Crippen LogP contribution in [0.3, 0.4) is 0 Å². The number of hydrogen-bond acceptors (Lipinski definition) is 5. The number of sulfonamides is 1. The number of carbonyl (C=O) groups is 1. The number of hydrogen-bond donors (Lipinski definition) is 3. The molecule has 8 heteroatoms. The summed E-state index contributed by atoms with van der Waals surface area (Å²) in [6.45, 7) is 2.04. The second-order valence-electron chi connectivity index (χ2n) is 7.25. The highest BCUT2D eigenvalue weighted by atomic mass is 32.2. The molecule has 29 heavy (non-hydrogen) atoms. The second-order valence-corrected chi connectivity index (χ2v) is 8.91. The lowest BCUT2D eigenvalue weighted by atomic mass is 10.1. The van der Waals surface area contributed by atoms with Crippen LogP contribution < -0.4 is 14.8 Å². The van der Waals surface area contributed by atoms with Crippen molar-refractivity contribution < 1.29 is 23.1 Å². The zero-order chi connectivity index (χ0) is 21.0. The van der Waals surface area contributed by atoms with Gasteiger partial charge in [0.1, 0.15) is 5.75 Å². The zero-order valence-corrected chi connectivity index (χ0v) is 17.3. The van der Waals surface area contributed by atoms with Crippen LogP contribution in [0.5, 0.6) is 5.75 Å². The molecule has 1 fully saturated rings.